The highest BCUT2D eigenvalue weighted by atomic mass is 16.7. The molecule has 14 N–H and O–H groups in total. The largest absolute Gasteiger partial charge is 0.481 e. The van der Waals surface area contributed by atoms with Crippen LogP contribution in [0.1, 0.15) is 105 Å². The highest BCUT2D eigenvalue weighted by molar-refractivity contribution is 5.71. The van der Waals surface area contributed by atoms with Crippen molar-refractivity contribution in [2.24, 2.45) is 23.5 Å². The Kier molecular flexibility index (Phi) is 26.1. The van der Waals surface area contributed by atoms with Gasteiger partial charge in [-0.05, 0) is 59.3 Å². The zero-order valence-corrected chi connectivity index (χ0v) is 43.1. The van der Waals surface area contributed by atoms with Crippen molar-refractivity contribution >= 4 is 11.9 Å². The fraction of sp³-hybridized carbons (Fsp3) is 0.736. The van der Waals surface area contributed by atoms with Crippen molar-refractivity contribution in [1.29, 1.82) is 0 Å². The van der Waals surface area contributed by atoms with E-state index in [9.17, 15) is 70.9 Å². The van der Waals surface area contributed by atoms with E-state index in [4.69, 9.17) is 34.2 Å². The summed E-state index contributed by atoms with van der Waals surface area (Å²) in [7, 11) is 0. The van der Waals surface area contributed by atoms with Gasteiger partial charge in [-0.1, -0.05) is 86.8 Å². The number of carbonyl (C=O) groups excluding carboxylic acids is 1. The Balaban J connectivity index is 1.55. The van der Waals surface area contributed by atoms with Crippen LogP contribution in [0.25, 0.3) is 0 Å². The normalized spacial score (nSPS) is 46.5. The summed E-state index contributed by atoms with van der Waals surface area (Å²) in [5.41, 5.74) is 6.04. The maximum absolute atomic E-state index is 13.1. The predicted molar refractivity (Wildman–Crippen MR) is 267 cm³/mol. The Morgan fingerprint density at radius 1 is 0.635 bits per heavy atom. The number of fused-ring (bicyclic) bond motifs is 2. The molecule has 0 aromatic carbocycles. The monoisotopic (exact) mass is 1060 g/mol. The molecule has 74 heavy (non-hydrogen) atoms. The van der Waals surface area contributed by atoms with E-state index in [-0.39, 0.29) is 44.4 Å². The SMILES string of the molecule is CC1/C=C/C=C/CC/C=C/C=C/C=C/C=C/C(OC2O[C@H](C)[C@@H](O)[C@H](N)[C@H]2O)CC2OC(O)(CC(O)C(O)CCC(O)CC(O)CC(O)CC(=O)OC(C)C(C)C1OC1C[C@@H](O)[C@@H](O)[C@H](C)O1)CC(O)C2C(=O)O. The second kappa shape index (κ2) is 30.6. The Hall–Kier alpha value is -3.30. The third-order valence-corrected chi connectivity index (χ3v) is 14.2. The van der Waals surface area contributed by atoms with Crippen molar-refractivity contribution < 1.29 is 99.3 Å². The molecule has 0 spiro atoms. The number of ether oxygens (including phenoxy) is 6. The average molecular weight is 1060 g/mol. The van der Waals surface area contributed by atoms with Gasteiger partial charge in [-0.3, -0.25) is 9.59 Å². The Bertz CT molecular complexity index is 1870. The summed E-state index contributed by atoms with van der Waals surface area (Å²) in [6.07, 6.45) is -1.63. The Morgan fingerprint density at radius 3 is 1.89 bits per heavy atom. The smallest absolute Gasteiger partial charge is 0.311 e. The van der Waals surface area contributed by atoms with Gasteiger partial charge < -0.3 is 95.4 Å². The second-order valence-corrected chi connectivity index (χ2v) is 20.5. The number of carboxylic acid groups (broad SMARTS) is 1. The number of allylic oxidation sites excluding steroid dienone is 10. The lowest BCUT2D eigenvalue weighted by Gasteiger charge is -2.45. The zero-order valence-electron chi connectivity index (χ0n) is 43.1. The number of rotatable bonds is 5. The van der Waals surface area contributed by atoms with Crippen molar-refractivity contribution in [2.45, 2.75) is 227 Å². The molecule has 422 valence electrons. The molecule has 0 aromatic heterocycles. The van der Waals surface area contributed by atoms with Gasteiger partial charge in [0.15, 0.2) is 18.4 Å². The number of nitrogens with two attached hydrogens (primary N) is 1. The number of cyclic esters (lactones) is 1. The van der Waals surface area contributed by atoms with Gasteiger partial charge in [-0.25, -0.2) is 0 Å². The molecule has 2 bridgehead atoms. The maximum Gasteiger partial charge on any atom is 0.311 e. The fourth-order valence-electron chi connectivity index (χ4n) is 9.63. The zero-order chi connectivity index (χ0) is 54.9. The highest BCUT2D eigenvalue weighted by Crippen LogP contribution is 2.38. The van der Waals surface area contributed by atoms with Crippen molar-refractivity contribution in [2.75, 3.05) is 0 Å². The lowest BCUT2D eigenvalue weighted by molar-refractivity contribution is -0.310. The number of hydrogen-bond donors (Lipinski definition) is 13. The minimum absolute atomic E-state index is 0.0208. The molecule has 4 aliphatic rings. The lowest BCUT2D eigenvalue weighted by atomic mass is 9.82. The summed E-state index contributed by atoms with van der Waals surface area (Å²) in [4.78, 5) is 25.6. The number of carboxylic acids is 1. The van der Waals surface area contributed by atoms with Crippen LogP contribution >= 0.6 is 0 Å². The van der Waals surface area contributed by atoms with Gasteiger partial charge in [0.25, 0.3) is 0 Å². The van der Waals surface area contributed by atoms with Crippen LogP contribution in [0.5, 0.6) is 0 Å². The summed E-state index contributed by atoms with van der Waals surface area (Å²) >= 11 is 0. The maximum atomic E-state index is 13.1. The highest BCUT2D eigenvalue weighted by Gasteiger charge is 2.51. The van der Waals surface area contributed by atoms with Crippen LogP contribution in [0.2, 0.25) is 0 Å². The van der Waals surface area contributed by atoms with Crippen LogP contribution in [0.3, 0.4) is 0 Å². The molecule has 4 rings (SSSR count). The number of aliphatic hydroxyl groups is 11. The van der Waals surface area contributed by atoms with Crippen LogP contribution < -0.4 is 5.73 Å². The minimum atomic E-state index is -2.37. The summed E-state index contributed by atoms with van der Waals surface area (Å²) in [5, 5.41) is 129. The van der Waals surface area contributed by atoms with Crippen LogP contribution in [0, 0.1) is 17.8 Å². The summed E-state index contributed by atoms with van der Waals surface area (Å²) in [6, 6.07) is -1.16. The molecule has 3 fully saturated rings. The molecule has 4 heterocycles. The van der Waals surface area contributed by atoms with Gasteiger partial charge in [0.1, 0.15) is 24.2 Å². The van der Waals surface area contributed by atoms with Gasteiger partial charge in [0.2, 0.25) is 0 Å². The summed E-state index contributed by atoms with van der Waals surface area (Å²) in [6.45, 7) is 8.61. The van der Waals surface area contributed by atoms with Crippen molar-refractivity contribution in [3.05, 3.63) is 72.9 Å². The second-order valence-electron chi connectivity index (χ2n) is 20.5. The van der Waals surface area contributed by atoms with Crippen LogP contribution in [0.4, 0.5) is 0 Å². The van der Waals surface area contributed by atoms with Crippen LogP contribution in [-0.2, 0) is 38.0 Å². The third-order valence-electron chi connectivity index (χ3n) is 14.2. The van der Waals surface area contributed by atoms with E-state index < -0.39 is 165 Å². The van der Waals surface area contributed by atoms with E-state index >= 15 is 0 Å². The quantitative estimate of drug-likeness (QED) is 0.170. The molecule has 0 saturated carbocycles. The number of carbonyl (C=O) groups is 2. The van der Waals surface area contributed by atoms with Gasteiger partial charge in [-0.15, -0.1) is 0 Å². The number of esters is 1. The van der Waals surface area contributed by atoms with Crippen LogP contribution in [-0.4, -0.2) is 195 Å². The van der Waals surface area contributed by atoms with E-state index in [1.807, 2.05) is 56.4 Å². The van der Waals surface area contributed by atoms with E-state index in [2.05, 4.69) is 0 Å². The number of aliphatic carboxylic acids is 1. The van der Waals surface area contributed by atoms with E-state index in [1.54, 1.807) is 38.2 Å². The number of hydrogen-bond acceptors (Lipinski definition) is 20. The van der Waals surface area contributed by atoms with Gasteiger partial charge >= 0.3 is 11.9 Å². The third kappa shape index (κ3) is 19.9. The van der Waals surface area contributed by atoms with Crippen molar-refractivity contribution in [3.8, 4) is 0 Å². The summed E-state index contributed by atoms with van der Waals surface area (Å²) < 4.78 is 35.8. The first-order valence-electron chi connectivity index (χ1n) is 25.9. The lowest BCUT2D eigenvalue weighted by Crippen LogP contribution is -2.61. The van der Waals surface area contributed by atoms with Gasteiger partial charge in [0.05, 0.1) is 91.8 Å². The molecule has 21 nitrogen and oxygen atoms in total. The molecule has 0 aromatic rings. The number of aliphatic hydroxyl groups excluding tert-OH is 10. The fourth-order valence-corrected chi connectivity index (χ4v) is 9.63. The minimum Gasteiger partial charge on any atom is -0.481 e. The van der Waals surface area contributed by atoms with E-state index in [1.165, 1.54) is 13.0 Å². The van der Waals surface area contributed by atoms with E-state index in [0.29, 0.717) is 0 Å². The van der Waals surface area contributed by atoms with Crippen molar-refractivity contribution in [1.82, 2.24) is 0 Å². The molecule has 0 amide bonds. The molecule has 0 aliphatic carbocycles. The molecule has 3 saturated heterocycles. The first kappa shape index (κ1) is 63.2. The van der Waals surface area contributed by atoms with Crippen LogP contribution in [0.15, 0.2) is 72.9 Å². The van der Waals surface area contributed by atoms with Crippen molar-refractivity contribution in [3.63, 3.8) is 0 Å². The molecule has 4 aliphatic heterocycles. The Labute approximate surface area is 433 Å². The van der Waals surface area contributed by atoms with Gasteiger partial charge in [-0.2, -0.15) is 0 Å². The molecule has 0 radical (unpaired) electrons. The molecule has 21 heteroatoms. The molecular formula is C53H85NO20. The standard InChI is InChI=1S/C53H85NO20/c1-29-18-16-14-12-10-8-6-7-9-11-13-15-17-19-37(72-52-49(65)46(54)48(64)33(5)71-52)25-42-45(51(66)67)41(61)28-53(68,74-42)27-40(60)38(58)21-20-34(55)22-35(56)23-36(57)24-43(62)69-31(3)30(2)50(29)73-44-26-39(59)47(63)32(4)70-44/h6-7,9,11-19,29-42,44-50,52,55-61,63-65,68H,8,10,20-28,54H2,1-5H3,(H,66,67)/b7-6+,11-9+,14-12+,15-13+,18-16+,19-17+/t29?,30?,31?,32-,33+,34?,35?,36?,37?,38?,39+,40?,41?,42?,44?,45?,46-,47-,48+,49+,50?,52?,53?/m0/s1. The topological polar surface area (TPSA) is 358 Å². The van der Waals surface area contributed by atoms with Gasteiger partial charge in [0, 0.05) is 37.5 Å². The first-order chi connectivity index (χ1) is 34.9. The first-order valence-corrected chi connectivity index (χ1v) is 25.9. The molecule has 23 atom stereocenters. The predicted octanol–water partition coefficient (Wildman–Crippen LogP) is 0.817. The van der Waals surface area contributed by atoms with E-state index in [0.717, 1.165) is 12.8 Å². The molecule has 16 unspecified atom stereocenters. The summed E-state index contributed by atoms with van der Waals surface area (Å²) in [5.74, 6) is -6.88. The Morgan fingerprint density at radius 2 is 1.23 bits per heavy atom. The average Bonchev–Trinajstić information content (AvgIpc) is 3.31. The molecular weight excluding hydrogens is 971 g/mol.